The van der Waals surface area contributed by atoms with Gasteiger partial charge in [0.05, 0.1) is 10.9 Å². The van der Waals surface area contributed by atoms with Gasteiger partial charge in [0.15, 0.2) is 0 Å². The zero-order valence-corrected chi connectivity index (χ0v) is 18.2. The van der Waals surface area contributed by atoms with Crippen molar-refractivity contribution in [2.45, 2.75) is 51.6 Å². The van der Waals surface area contributed by atoms with Crippen LogP contribution in [0.15, 0.2) is 52.3 Å². The van der Waals surface area contributed by atoms with E-state index < -0.39 is 15.6 Å². The van der Waals surface area contributed by atoms with Crippen molar-refractivity contribution in [1.29, 1.82) is 0 Å². The molecule has 0 bridgehead atoms. The van der Waals surface area contributed by atoms with Crippen molar-refractivity contribution in [3.8, 4) is 0 Å². The fraction of sp³-hybridized carbons (Fsp3) is 0.429. The Hall–Kier alpha value is -2.45. The van der Waals surface area contributed by atoms with Crippen LogP contribution in [-0.4, -0.2) is 36.3 Å². The molecule has 2 rings (SSSR count). The molecule has 1 N–H and O–H groups in total. The molecule has 8 heteroatoms. The van der Waals surface area contributed by atoms with Crippen LogP contribution in [0.4, 0.5) is 0 Å². The number of rotatable bonds is 9. The smallest absolute Gasteiger partial charge is 0.251 e. The van der Waals surface area contributed by atoms with Gasteiger partial charge in [-0.25, -0.2) is 8.42 Å². The predicted octanol–water partition coefficient (Wildman–Crippen LogP) is 2.32. The van der Waals surface area contributed by atoms with Crippen LogP contribution in [0.5, 0.6) is 0 Å². The Balaban J connectivity index is 2.16. The van der Waals surface area contributed by atoms with Crippen molar-refractivity contribution in [3.63, 3.8) is 0 Å². The van der Waals surface area contributed by atoms with Crippen LogP contribution >= 0.6 is 0 Å². The molecule has 0 aliphatic heterocycles. The molecular weight excluding hydrogens is 390 g/mol. The van der Waals surface area contributed by atoms with E-state index >= 15 is 0 Å². The number of nitrogens with one attached hydrogen (secondary N) is 1. The van der Waals surface area contributed by atoms with E-state index in [4.69, 9.17) is 0 Å². The summed E-state index contributed by atoms with van der Waals surface area (Å²) in [7, 11) is -3.71. The lowest BCUT2D eigenvalue weighted by Crippen LogP contribution is -2.35. The second-order valence-electron chi connectivity index (χ2n) is 6.80. The molecule has 1 heterocycles. The van der Waals surface area contributed by atoms with E-state index in [0.717, 1.165) is 16.6 Å². The Morgan fingerprint density at radius 3 is 2.24 bits per heavy atom. The number of carbonyl (C=O) groups excluding carboxylic acids is 1. The highest BCUT2D eigenvalue weighted by molar-refractivity contribution is 7.89. The number of hydrogen-bond donors (Lipinski definition) is 1. The molecule has 1 amide bonds. The van der Waals surface area contributed by atoms with Gasteiger partial charge in [-0.2, -0.15) is 4.31 Å². The summed E-state index contributed by atoms with van der Waals surface area (Å²) in [6, 6.07) is 10.2. The first-order valence-corrected chi connectivity index (χ1v) is 11.3. The van der Waals surface area contributed by atoms with E-state index in [-0.39, 0.29) is 23.4 Å². The standard InChI is InChI=1S/C21H29N3O4S/c1-5-17-8-10-18(11-9-17)16(4)22-20(25)15-23-14-19(12-13-21(23)26)29(27,28)24(6-2)7-3/h8-14,16H,5-7,15H2,1-4H3,(H,22,25). The van der Waals surface area contributed by atoms with Gasteiger partial charge in [0.25, 0.3) is 5.56 Å². The lowest BCUT2D eigenvalue weighted by molar-refractivity contribution is -0.122. The summed E-state index contributed by atoms with van der Waals surface area (Å²) in [4.78, 5) is 24.6. The van der Waals surface area contributed by atoms with Gasteiger partial charge in [0, 0.05) is 25.4 Å². The maximum absolute atomic E-state index is 12.7. The second-order valence-corrected chi connectivity index (χ2v) is 8.74. The molecule has 1 unspecified atom stereocenters. The number of sulfonamides is 1. The molecule has 0 aliphatic rings. The van der Waals surface area contributed by atoms with Crippen LogP contribution in [0, 0.1) is 0 Å². The lowest BCUT2D eigenvalue weighted by atomic mass is 10.1. The van der Waals surface area contributed by atoms with Crippen molar-refractivity contribution in [3.05, 3.63) is 64.1 Å². The molecule has 1 aromatic carbocycles. The van der Waals surface area contributed by atoms with Crippen LogP contribution in [0.1, 0.15) is 44.9 Å². The Bertz CT molecular complexity index is 993. The molecule has 29 heavy (non-hydrogen) atoms. The summed E-state index contributed by atoms with van der Waals surface area (Å²) in [5.41, 5.74) is 1.74. The first-order valence-electron chi connectivity index (χ1n) is 9.81. The van der Waals surface area contributed by atoms with E-state index in [1.807, 2.05) is 31.2 Å². The highest BCUT2D eigenvalue weighted by atomic mass is 32.2. The molecule has 158 valence electrons. The van der Waals surface area contributed by atoms with E-state index in [1.54, 1.807) is 13.8 Å². The van der Waals surface area contributed by atoms with Gasteiger partial charge in [0.1, 0.15) is 6.54 Å². The minimum Gasteiger partial charge on any atom is -0.348 e. The number of hydrogen-bond acceptors (Lipinski definition) is 4. The van der Waals surface area contributed by atoms with Crippen molar-refractivity contribution < 1.29 is 13.2 Å². The number of aryl methyl sites for hydroxylation is 1. The largest absolute Gasteiger partial charge is 0.348 e. The van der Waals surface area contributed by atoms with E-state index in [1.165, 1.54) is 28.2 Å². The van der Waals surface area contributed by atoms with Crippen molar-refractivity contribution in [1.82, 2.24) is 14.2 Å². The minimum absolute atomic E-state index is 0.00296. The number of benzene rings is 1. The Morgan fingerprint density at radius 2 is 1.69 bits per heavy atom. The van der Waals surface area contributed by atoms with Gasteiger partial charge in [-0.15, -0.1) is 0 Å². The molecule has 2 aromatic rings. The van der Waals surface area contributed by atoms with Crippen LogP contribution in [-0.2, 0) is 27.8 Å². The molecule has 0 saturated carbocycles. The highest BCUT2D eigenvalue weighted by Crippen LogP contribution is 2.15. The van der Waals surface area contributed by atoms with E-state index in [2.05, 4.69) is 12.2 Å². The van der Waals surface area contributed by atoms with Crippen molar-refractivity contribution in [2.24, 2.45) is 0 Å². The van der Waals surface area contributed by atoms with Gasteiger partial charge < -0.3 is 9.88 Å². The topological polar surface area (TPSA) is 88.5 Å². The van der Waals surface area contributed by atoms with Gasteiger partial charge in [-0.1, -0.05) is 45.0 Å². The molecule has 1 atom stereocenters. The maximum atomic E-state index is 12.7. The number of aromatic nitrogens is 1. The zero-order chi connectivity index (χ0) is 21.6. The van der Waals surface area contributed by atoms with Crippen LogP contribution in [0.25, 0.3) is 0 Å². The van der Waals surface area contributed by atoms with Gasteiger partial charge >= 0.3 is 0 Å². The van der Waals surface area contributed by atoms with Gasteiger partial charge in [-0.3, -0.25) is 9.59 Å². The Kier molecular flexibility index (Phi) is 7.75. The molecule has 0 radical (unpaired) electrons. The monoisotopic (exact) mass is 419 g/mol. The number of nitrogens with zero attached hydrogens (tertiary/aromatic N) is 2. The van der Waals surface area contributed by atoms with Crippen molar-refractivity contribution in [2.75, 3.05) is 13.1 Å². The maximum Gasteiger partial charge on any atom is 0.251 e. The van der Waals surface area contributed by atoms with Gasteiger partial charge in [0.2, 0.25) is 15.9 Å². The number of pyridine rings is 1. The van der Waals surface area contributed by atoms with Gasteiger partial charge in [-0.05, 0) is 30.5 Å². The molecule has 0 saturated heterocycles. The molecule has 0 fully saturated rings. The summed E-state index contributed by atoms with van der Waals surface area (Å²) in [6.07, 6.45) is 2.17. The average Bonchev–Trinajstić information content (AvgIpc) is 2.70. The summed E-state index contributed by atoms with van der Waals surface area (Å²) >= 11 is 0. The third-order valence-electron chi connectivity index (χ3n) is 4.88. The predicted molar refractivity (Wildman–Crippen MR) is 113 cm³/mol. The molecular formula is C21H29N3O4S. The quantitative estimate of drug-likeness (QED) is 0.676. The molecule has 0 aliphatic carbocycles. The Morgan fingerprint density at radius 1 is 1.07 bits per heavy atom. The molecule has 0 spiro atoms. The fourth-order valence-electron chi connectivity index (χ4n) is 3.07. The highest BCUT2D eigenvalue weighted by Gasteiger charge is 2.22. The summed E-state index contributed by atoms with van der Waals surface area (Å²) in [5.74, 6) is -0.364. The first-order chi connectivity index (χ1) is 13.7. The SMILES string of the molecule is CCc1ccc(C(C)NC(=O)Cn2cc(S(=O)(=O)N(CC)CC)ccc2=O)cc1. The Labute approximate surface area is 172 Å². The summed E-state index contributed by atoms with van der Waals surface area (Å²) in [6.45, 7) is 7.84. The van der Waals surface area contributed by atoms with Crippen LogP contribution in [0.3, 0.4) is 0 Å². The van der Waals surface area contributed by atoms with Crippen LogP contribution < -0.4 is 10.9 Å². The third kappa shape index (κ3) is 5.55. The molecule has 1 aromatic heterocycles. The number of carbonyl (C=O) groups is 1. The second kappa shape index (κ2) is 9.84. The average molecular weight is 420 g/mol. The summed E-state index contributed by atoms with van der Waals surface area (Å²) in [5, 5.41) is 2.85. The van der Waals surface area contributed by atoms with E-state index in [9.17, 15) is 18.0 Å². The van der Waals surface area contributed by atoms with Crippen LogP contribution in [0.2, 0.25) is 0 Å². The van der Waals surface area contributed by atoms with E-state index in [0.29, 0.717) is 13.1 Å². The zero-order valence-electron chi connectivity index (χ0n) is 17.4. The first kappa shape index (κ1) is 22.8. The normalized spacial score (nSPS) is 12.7. The number of amides is 1. The molecule has 7 nitrogen and oxygen atoms in total. The summed E-state index contributed by atoms with van der Waals surface area (Å²) < 4.78 is 27.8. The fourth-order valence-corrected chi connectivity index (χ4v) is 4.54. The lowest BCUT2D eigenvalue weighted by Gasteiger charge is -2.19. The minimum atomic E-state index is -3.71. The van der Waals surface area contributed by atoms with Crippen molar-refractivity contribution >= 4 is 15.9 Å². The third-order valence-corrected chi connectivity index (χ3v) is 6.91.